The van der Waals surface area contributed by atoms with Crippen LogP contribution in [0.25, 0.3) is 0 Å². The van der Waals surface area contributed by atoms with Gasteiger partial charge in [-0.25, -0.2) is 0 Å². The molecule has 4 heteroatoms. The lowest BCUT2D eigenvalue weighted by Crippen LogP contribution is -2.27. The Morgan fingerprint density at radius 3 is 2.26 bits per heavy atom. The second-order valence-corrected chi connectivity index (χ2v) is 4.20. The van der Waals surface area contributed by atoms with Crippen molar-refractivity contribution in [1.82, 2.24) is 0 Å². The second-order valence-electron chi connectivity index (χ2n) is 4.20. The van der Waals surface area contributed by atoms with Crippen LogP contribution in [0.3, 0.4) is 0 Å². The first kappa shape index (κ1) is 15.2. The van der Waals surface area contributed by atoms with Crippen molar-refractivity contribution in [2.45, 2.75) is 26.7 Å². The molecule has 1 unspecified atom stereocenters. The summed E-state index contributed by atoms with van der Waals surface area (Å²) in [6.45, 7) is 3.84. The zero-order chi connectivity index (χ0) is 14.3. The van der Waals surface area contributed by atoms with Gasteiger partial charge >= 0.3 is 5.97 Å². The number of hydrogen-bond acceptors (Lipinski definition) is 4. The number of ether oxygens (including phenoxy) is 2. The molecule has 1 aromatic rings. The fraction of sp³-hybridized carbons (Fsp3) is 0.467. The highest BCUT2D eigenvalue weighted by Gasteiger charge is 2.25. The number of Topliss-reactive ketones (excluding diaryl/α,β-unsaturated/α-hetero) is 1. The molecule has 0 aliphatic rings. The fourth-order valence-corrected chi connectivity index (χ4v) is 1.84. The van der Waals surface area contributed by atoms with Gasteiger partial charge in [-0.2, -0.15) is 0 Å². The molecule has 0 radical (unpaired) electrons. The van der Waals surface area contributed by atoms with Gasteiger partial charge in [0.05, 0.1) is 13.7 Å². The topological polar surface area (TPSA) is 52.6 Å². The average Bonchev–Trinajstić information content (AvgIpc) is 2.40. The van der Waals surface area contributed by atoms with Gasteiger partial charge in [-0.05, 0) is 31.0 Å². The van der Waals surface area contributed by atoms with E-state index in [0.717, 1.165) is 11.3 Å². The summed E-state index contributed by atoms with van der Waals surface area (Å²) in [5, 5.41) is 0. The molecule has 0 fully saturated rings. The van der Waals surface area contributed by atoms with E-state index in [1.54, 1.807) is 26.2 Å². The van der Waals surface area contributed by atoms with Crippen molar-refractivity contribution in [1.29, 1.82) is 0 Å². The summed E-state index contributed by atoms with van der Waals surface area (Å²) in [5.41, 5.74) is 0.869. The van der Waals surface area contributed by atoms with Crippen LogP contribution in [0.5, 0.6) is 5.75 Å². The fourth-order valence-electron chi connectivity index (χ4n) is 1.84. The zero-order valence-electron chi connectivity index (χ0n) is 11.6. The molecule has 0 saturated heterocycles. The van der Waals surface area contributed by atoms with Crippen LogP contribution in [0.1, 0.15) is 25.8 Å². The van der Waals surface area contributed by atoms with E-state index in [-0.39, 0.29) is 12.2 Å². The van der Waals surface area contributed by atoms with Crippen molar-refractivity contribution in [2.24, 2.45) is 5.92 Å². The summed E-state index contributed by atoms with van der Waals surface area (Å²) < 4.78 is 9.96. The molecule has 0 amide bonds. The quantitative estimate of drug-likeness (QED) is 0.560. The summed E-state index contributed by atoms with van der Waals surface area (Å²) in [5.74, 6) is -0.453. The molecule has 0 aromatic heterocycles. The number of hydrogen-bond donors (Lipinski definition) is 0. The Balaban J connectivity index is 2.68. The molecule has 1 atom stereocenters. The molecule has 4 nitrogen and oxygen atoms in total. The molecular formula is C15H20O4. The molecule has 104 valence electrons. The second kappa shape index (κ2) is 7.56. The number of methoxy groups -OCH3 is 1. The lowest BCUT2D eigenvalue weighted by Gasteiger charge is -2.12. The van der Waals surface area contributed by atoms with Crippen LogP contribution in [0, 0.1) is 5.92 Å². The number of ketones is 1. The molecule has 0 bridgehead atoms. The summed E-state index contributed by atoms with van der Waals surface area (Å²) in [4.78, 5) is 23.7. The maximum absolute atomic E-state index is 12.1. The van der Waals surface area contributed by atoms with E-state index in [1.807, 2.05) is 19.1 Å². The Labute approximate surface area is 113 Å². The number of rotatable bonds is 7. The van der Waals surface area contributed by atoms with Crippen LogP contribution >= 0.6 is 0 Å². The third-order valence-corrected chi connectivity index (χ3v) is 2.91. The van der Waals surface area contributed by atoms with Gasteiger partial charge in [-0.1, -0.05) is 19.1 Å². The van der Waals surface area contributed by atoms with Gasteiger partial charge in [0, 0.05) is 6.42 Å². The molecule has 0 spiro atoms. The minimum absolute atomic E-state index is 0.105. The standard InChI is InChI=1S/C15H20O4/c1-4-13(15(17)19-5-2)14(16)10-11-6-8-12(18-3)9-7-11/h6-9,13H,4-5,10H2,1-3H3. The third-order valence-electron chi connectivity index (χ3n) is 2.91. The van der Waals surface area contributed by atoms with Gasteiger partial charge < -0.3 is 9.47 Å². The van der Waals surface area contributed by atoms with Crippen molar-refractivity contribution in [3.8, 4) is 5.75 Å². The molecule has 0 aliphatic carbocycles. The average molecular weight is 264 g/mol. The Bertz CT molecular complexity index is 422. The van der Waals surface area contributed by atoms with Crippen molar-refractivity contribution in [3.63, 3.8) is 0 Å². The Morgan fingerprint density at radius 2 is 1.79 bits per heavy atom. The highest BCUT2D eigenvalue weighted by molar-refractivity contribution is 5.99. The molecule has 1 rings (SSSR count). The molecule has 1 aromatic carbocycles. The maximum Gasteiger partial charge on any atom is 0.316 e. The first-order valence-electron chi connectivity index (χ1n) is 6.44. The van der Waals surface area contributed by atoms with Crippen LogP contribution in [-0.2, 0) is 20.7 Å². The Kier molecular flexibility index (Phi) is 6.06. The predicted molar refractivity (Wildman–Crippen MR) is 72.1 cm³/mol. The Morgan fingerprint density at radius 1 is 1.16 bits per heavy atom. The summed E-state index contributed by atoms with van der Waals surface area (Å²) >= 11 is 0. The van der Waals surface area contributed by atoms with Crippen LogP contribution in [0.15, 0.2) is 24.3 Å². The van der Waals surface area contributed by atoms with Crippen LogP contribution in [0.2, 0.25) is 0 Å². The summed E-state index contributed by atoms with van der Waals surface area (Å²) in [7, 11) is 1.59. The summed E-state index contributed by atoms with van der Waals surface area (Å²) in [6.07, 6.45) is 0.704. The number of carbonyl (C=O) groups is 2. The van der Waals surface area contributed by atoms with Crippen molar-refractivity contribution in [3.05, 3.63) is 29.8 Å². The maximum atomic E-state index is 12.1. The lowest BCUT2D eigenvalue weighted by atomic mass is 9.95. The molecule has 0 aliphatic heterocycles. The van der Waals surface area contributed by atoms with E-state index in [0.29, 0.717) is 13.0 Å². The third kappa shape index (κ3) is 4.39. The van der Waals surface area contributed by atoms with Crippen molar-refractivity contribution in [2.75, 3.05) is 13.7 Å². The van der Waals surface area contributed by atoms with Gasteiger partial charge in [-0.15, -0.1) is 0 Å². The minimum atomic E-state index is -0.665. The summed E-state index contributed by atoms with van der Waals surface area (Å²) in [6, 6.07) is 7.26. The zero-order valence-corrected chi connectivity index (χ0v) is 11.6. The first-order chi connectivity index (χ1) is 9.12. The molecule has 0 heterocycles. The van der Waals surface area contributed by atoms with Crippen molar-refractivity contribution >= 4 is 11.8 Å². The Hall–Kier alpha value is -1.84. The number of benzene rings is 1. The van der Waals surface area contributed by atoms with E-state index >= 15 is 0 Å². The van der Waals surface area contributed by atoms with Crippen LogP contribution in [0.4, 0.5) is 0 Å². The normalized spacial score (nSPS) is 11.7. The molecule has 0 saturated carbocycles. The smallest absolute Gasteiger partial charge is 0.316 e. The van der Waals surface area contributed by atoms with E-state index in [1.165, 1.54) is 0 Å². The van der Waals surface area contributed by atoms with E-state index in [2.05, 4.69) is 0 Å². The SMILES string of the molecule is CCOC(=O)C(CC)C(=O)Cc1ccc(OC)cc1. The van der Waals surface area contributed by atoms with Crippen LogP contribution < -0.4 is 4.74 Å². The molecule has 0 N–H and O–H groups in total. The largest absolute Gasteiger partial charge is 0.497 e. The van der Waals surface area contributed by atoms with Gasteiger partial charge in [-0.3, -0.25) is 9.59 Å². The van der Waals surface area contributed by atoms with Gasteiger partial charge in [0.25, 0.3) is 0 Å². The van der Waals surface area contributed by atoms with Gasteiger partial charge in [0.1, 0.15) is 11.7 Å². The lowest BCUT2D eigenvalue weighted by molar-refractivity contribution is -0.151. The van der Waals surface area contributed by atoms with E-state index in [4.69, 9.17) is 9.47 Å². The highest BCUT2D eigenvalue weighted by Crippen LogP contribution is 2.15. The van der Waals surface area contributed by atoms with Crippen LogP contribution in [-0.4, -0.2) is 25.5 Å². The monoisotopic (exact) mass is 264 g/mol. The number of esters is 1. The molecular weight excluding hydrogens is 244 g/mol. The molecule has 19 heavy (non-hydrogen) atoms. The minimum Gasteiger partial charge on any atom is -0.497 e. The number of carbonyl (C=O) groups excluding carboxylic acids is 2. The van der Waals surface area contributed by atoms with E-state index < -0.39 is 11.9 Å². The first-order valence-corrected chi connectivity index (χ1v) is 6.44. The van der Waals surface area contributed by atoms with E-state index in [9.17, 15) is 9.59 Å². The van der Waals surface area contributed by atoms with Crippen molar-refractivity contribution < 1.29 is 19.1 Å². The highest BCUT2D eigenvalue weighted by atomic mass is 16.5. The predicted octanol–water partition coefficient (Wildman–Crippen LogP) is 2.40. The van der Waals surface area contributed by atoms with Gasteiger partial charge in [0.15, 0.2) is 5.78 Å². The van der Waals surface area contributed by atoms with Gasteiger partial charge in [0.2, 0.25) is 0 Å².